The van der Waals surface area contributed by atoms with Crippen LogP contribution in [0.4, 0.5) is 5.69 Å². The standard InChI is InChI=1S/C26H28N2O4S2/c1-18-6-4-9-21(14-18)32-17-25(30)27-20-8-5-7-19(15-20)22-10-11-23(34-22)26(16-24(29)28-31)12-2-3-13-33-26/h4-11,14-15,31H,2-3,12-13,16-17H2,1H3,(H,27,30)(H,28,29)/t26-/m0/s1. The van der Waals surface area contributed by atoms with Crippen molar-refractivity contribution < 1.29 is 19.5 Å². The second kappa shape index (κ2) is 11.1. The summed E-state index contributed by atoms with van der Waals surface area (Å²) in [6, 6.07) is 19.5. The molecule has 3 aromatic rings. The maximum absolute atomic E-state index is 12.4. The number of thiophene rings is 1. The van der Waals surface area contributed by atoms with Crippen LogP contribution < -0.4 is 15.5 Å². The van der Waals surface area contributed by atoms with E-state index in [0.29, 0.717) is 11.4 Å². The number of benzene rings is 2. The van der Waals surface area contributed by atoms with Gasteiger partial charge in [0.1, 0.15) is 5.75 Å². The lowest BCUT2D eigenvalue weighted by atomic mass is 9.94. The summed E-state index contributed by atoms with van der Waals surface area (Å²) in [5.74, 6) is 1.08. The minimum atomic E-state index is -0.359. The van der Waals surface area contributed by atoms with E-state index < -0.39 is 0 Å². The number of carbonyl (C=O) groups excluding carboxylic acids is 2. The fourth-order valence-electron chi connectivity index (χ4n) is 4.11. The molecule has 6 nitrogen and oxygen atoms in total. The predicted molar refractivity (Wildman–Crippen MR) is 138 cm³/mol. The molecule has 3 N–H and O–H groups in total. The summed E-state index contributed by atoms with van der Waals surface area (Å²) in [6.45, 7) is 1.91. The monoisotopic (exact) mass is 496 g/mol. The van der Waals surface area contributed by atoms with Gasteiger partial charge in [-0.2, -0.15) is 0 Å². The highest BCUT2D eigenvalue weighted by molar-refractivity contribution is 8.00. The van der Waals surface area contributed by atoms with E-state index in [1.54, 1.807) is 28.6 Å². The fraction of sp³-hybridized carbons (Fsp3) is 0.308. The van der Waals surface area contributed by atoms with E-state index in [9.17, 15) is 9.59 Å². The lowest BCUT2D eigenvalue weighted by Crippen LogP contribution is -2.32. The highest BCUT2D eigenvalue weighted by Crippen LogP contribution is 2.50. The number of nitrogens with one attached hydrogen (secondary N) is 2. The molecule has 0 saturated carbocycles. The normalized spacial score (nSPS) is 17.7. The van der Waals surface area contributed by atoms with Gasteiger partial charge in [0.25, 0.3) is 5.91 Å². The molecule has 2 amide bonds. The summed E-state index contributed by atoms with van der Waals surface area (Å²) in [4.78, 5) is 26.6. The largest absolute Gasteiger partial charge is 0.484 e. The molecule has 0 bridgehead atoms. The maximum Gasteiger partial charge on any atom is 0.262 e. The van der Waals surface area contributed by atoms with Gasteiger partial charge >= 0.3 is 0 Å². The molecule has 0 spiro atoms. The van der Waals surface area contributed by atoms with Gasteiger partial charge in [0.05, 0.1) is 4.75 Å². The number of carbonyl (C=O) groups is 2. The molecule has 1 fully saturated rings. The van der Waals surface area contributed by atoms with E-state index in [2.05, 4.69) is 17.4 Å². The quantitative estimate of drug-likeness (QED) is 0.273. The second-order valence-electron chi connectivity index (χ2n) is 8.41. The molecule has 34 heavy (non-hydrogen) atoms. The SMILES string of the molecule is Cc1cccc(OCC(=O)Nc2cccc(-c3ccc([C@@]4(CC(=O)NO)CCCCS4)s3)c2)c1. The Balaban J connectivity index is 1.45. The molecule has 1 saturated heterocycles. The van der Waals surface area contributed by atoms with Gasteiger partial charge in [0.15, 0.2) is 6.61 Å². The average molecular weight is 497 g/mol. The molecule has 0 unspecified atom stereocenters. The van der Waals surface area contributed by atoms with Gasteiger partial charge in [-0.1, -0.05) is 30.7 Å². The van der Waals surface area contributed by atoms with E-state index in [0.717, 1.165) is 45.9 Å². The number of ether oxygens (including phenoxy) is 1. The van der Waals surface area contributed by atoms with Crippen molar-refractivity contribution in [3.05, 3.63) is 71.1 Å². The van der Waals surface area contributed by atoms with E-state index in [4.69, 9.17) is 9.94 Å². The highest BCUT2D eigenvalue weighted by atomic mass is 32.2. The highest BCUT2D eigenvalue weighted by Gasteiger charge is 2.38. The molecule has 8 heteroatoms. The molecular formula is C26H28N2O4S2. The number of hydroxylamine groups is 1. The summed E-state index contributed by atoms with van der Waals surface area (Å²) < 4.78 is 5.28. The van der Waals surface area contributed by atoms with Crippen molar-refractivity contribution in [3.8, 4) is 16.2 Å². The van der Waals surface area contributed by atoms with Crippen molar-refractivity contribution >= 4 is 40.6 Å². The van der Waals surface area contributed by atoms with E-state index in [-0.39, 0.29) is 29.6 Å². The van der Waals surface area contributed by atoms with Gasteiger partial charge in [0.2, 0.25) is 5.91 Å². The van der Waals surface area contributed by atoms with Gasteiger partial charge in [-0.25, -0.2) is 5.48 Å². The number of aryl methyl sites for hydroxylation is 1. The van der Waals surface area contributed by atoms with Crippen LogP contribution in [0, 0.1) is 6.92 Å². The number of amides is 2. The molecule has 1 aliphatic heterocycles. The smallest absolute Gasteiger partial charge is 0.262 e. The fourth-order valence-corrected chi connectivity index (χ4v) is 7.00. The van der Waals surface area contributed by atoms with Gasteiger partial charge in [-0.15, -0.1) is 23.1 Å². The van der Waals surface area contributed by atoms with Crippen LogP contribution in [0.1, 0.15) is 36.1 Å². The van der Waals surface area contributed by atoms with Gasteiger partial charge in [-0.3, -0.25) is 14.8 Å². The number of thioether (sulfide) groups is 1. The van der Waals surface area contributed by atoms with Crippen molar-refractivity contribution in [2.75, 3.05) is 17.7 Å². The Morgan fingerprint density at radius 3 is 2.68 bits per heavy atom. The summed E-state index contributed by atoms with van der Waals surface area (Å²) in [5.41, 5.74) is 4.57. The molecule has 1 atom stereocenters. The Kier molecular flexibility index (Phi) is 7.92. The molecule has 2 heterocycles. The van der Waals surface area contributed by atoms with Crippen LogP contribution >= 0.6 is 23.1 Å². The van der Waals surface area contributed by atoms with Gasteiger partial charge < -0.3 is 10.1 Å². The Bertz CT molecular complexity index is 1150. The Morgan fingerprint density at radius 1 is 1.06 bits per heavy atom. The van der Waals surface area contributed by atoms with Crippen LogP contribution in [-0.4, -0.2) is 29.4 Å². The Morgan fingerprint density at radius 2 is 1.91 bits per heavy atom. The average Bonchev–Trinajstić information content (AvgIpc) is 3.35. The lowest BCUT2D eigenvalue weighted by molar-refractivity contribution is -0.129. The minimum Gasteiger partial charge on any atom is -0.484 e. The van der Waals surface area contributed by atoms with E-state index >= 15 is 0 Å². The molecule has 2 aromatic carbocycles. The third-order valence-corrected chi connectivity index (χ3v) is 8.85. The summed E-state index contributed by atoms with van der Waals surface area (Å²) in [6.07, 6.45) is 3.36. The van der Waals surface area contributed by atoms with Crippen LogP contribution in [0.2, 0.25) is 0 Å². The summed E-state index contributed by atoms with van der Waals surface area (Å²) in [5, 5.41) is 12.0. The zero-order chi connectivity index (χ0) is 24.0. The first-order valence-corrected chi connectivity index (χ1v) is 13.0. The van der Waals surface area contributed by atoms with E-state index in [1.165, 1.54) is 0 Å². The molecule has 178 valence electrons. The molecular weight excluding hydrogens is 468 g/mol. The summed E-state index contributed by atoms with van der Waals surface area (Å²) >= 11 is 3.46. The first-order chi connectivity index (χ1) is 16.5. The lowest BCUT2D eigenvalue weighted by Gasteiger charge is -2.35. The van der Waals surface area contributed by atoms with Crippen molar-refractivity contribution in [2.24, 2.45) is 0 Å². The minimum absolute atomic E-state index is 0.0660. The van der Waals surface area contributed by atoms with Crippen LogP contribution in [-0.2, 0) is 14.3 Å². The number of rotatable bonds is 8. The third kappa shape index (κ3) is 6.00. The zero-order valence-corrected chi connectivity index (χ0v) is 20.6. The van der Waals surface area contributed by atoms with Crippen LogP contribution in [0.5, 0.6) is 5.75 Å². The molecule has 1 aromatic heterocycles. The predicted octanol–water partition coefficient (Wildman–Crippen LogP) is 5.75. The van der Waals surface area contributed by atoms with Crippen molar-refractivity contribution in [2.45, 2.75) is 37.4 Å². The first kappa shape index (κ1) is 24.3. The maximum atomic E-state index is 12.4. The Labute approximate surface area is 207 Å². The summed E-state index contributed by atoms with van der Waals surface area (Å²) in [7, 11) is 0. The van der Waals surface area contributed by atoms with Gasteiger partial charge in [-0.05, 0) is 73.0 Å². The van der Waals surface area contributed by atoms with Crippen molar-refractivity contribution in [3.63, 3.8) is 0 Å². The first-order valence-electron chi connectivity index (χ1n) is 11.2. The second-order valence-corrected chi connectivity index (χ2v) is 11.0. The topological polar surface area (TPSA) is 87.7 Å². The molecule has 0 radical (unpaired) electrons. The zero-order valence-electron chi connectivity index (χ0n) is 19.0. The van der Waals surface area contributed by atoms with E-state index in [1.807, 2.05) is 55.5 Å². The molecule has 4 rings (SSSR count). The Hall–Kier alpha value is -2.81. The molecule has 0 aliphatic carbocycles. The third-order valence-electron chi connectivity index (χ3n) is 5.77. The number of hydrogen-bond acceptors (Lipinski definition) is 6. The molecule has 1 aliphatic rings. The van der Waals surface area contributed by atoms with Gasteiger partial charge in [0, 0.05) is 21.9 Å². The van der Waals surface area contributed by atoms with Crippen LogP contribution in [0.3, 0.4) is 0 Å². The number of anilines is 1. The van der Waals surface area contributed by atoms with Crippen LogP contribution in [0.15, 0.2) is 60.7 Å². The van der Waals surface area contributed by atoms with Crippen LogP contribution in [0.25, 0.3) is 10.4 Å². The van der Waals surface area contributed by atoms with Crippen molar-refractivity contribution in [1.82, 2.24) is 5.48 Å². The number of hydrogen-bond donors (Lipinski definition) is 3. The van der Waals surface area contributed by atoms with Crippen molar-refractivity contribution in [1.29, 1.82) is 0 Å².